The number of benzene rings is 1. The van der Waals surface area contributed by atoms with Crippen LogP contribution in [0.4, 0.5) is 0 Å². The van der Waals surface area contributed by atoms with Crippen LogP contribution in [0.15, 0.2) is 36.0 Å². The predicted molar refractivity (Wildman–Crippen MR) is 47.2 cm³/mol. The van der Waals surface area contributed by atoms with Gasteiger partial charge in [-0.15, -0.1) is 0 Å². The van der Waals surface area contributed by atoms with Crippen LogP contribution in [0.1, 0.15) is 12.0 Å². The van der Waals surface area contributed by atoms with Crippen molar-refractivity contribution in [2.75, 3.05) is 0 Å². The Bertz CT molecular complexity index is 351. The molecular weight excluding hydrogens is 150 g/mol. The first-order valence-corrected chi connectivity index (χ1v) is 3.86. The molecule has 12 heavy (non-hydrogen) atoms. The second-order valence-corrected chi connectivity index (χ2v) is 2.87. The van der Waals surface area contributed by atoms with Crippen molar-refractivity contribution in [1.29, 1.82) is 0 Å². The SMILES string of the molecule is NC1=C(c2ccccc2)C(=O)C1. The molecule has 0 radical (unpaired) electrons. The van der Waals surface area contributed by atoms with Crippen molar-refractivity contribution in [3.05, 3.63) is 41.6 Å². The monoisotopic (exact) mass is 159 g/mol. The van der Waals surface area contributed by atoms with E-state index < -0.39 is 0 Å². The molecule has 60 valence electrons. The summed E-state index contributed by atoms with van der Waals surface area (Å²) in [5.41, 5.74) is 7.96. The zero-order chi connectivity index (χ0) is 8.55. The predicted octanol–water partition coefficient (Wildman–Crippen LogP) is 1.33. The van der Waals surface area contributed by atoms with Crippen LogP contribution < -0.4 is 5.73 Å². The molecular formula is C10H9NO. The first-order valence-electron chi connectivity index (χ1n) is 3.86. The Balaban J connectivity index is 2.45. The van der Waals surface area contributed by atoms with Gasteiger partial charge in [0.15, 0.2) is 5.78 Å². The lowest BCUT2D eigenvalue weighted by molar-refractivity contribution is -0.114. The summed E-state index contributed by atoms with van der Waals surface area (Å²) in [6.45, 7) is 0. The van der Waals surface area contributed by atoms with Gasteiger partial charge in [0.2, 0.25) is 0 Å². The quantitative estimate of drug-likeness (QED) is 0.671. The molecule has 2 rings (SSSR count). The highest BCUT2D eigenvalue weighted by molar-refractivity contribution is 6.28. The number of nitrogens with two attached hydrogens (primary N) is 1. The van der Waals surface area contributed by atoms with Gasteiger partial charge in [-0.1, -0.05) is 30.3 Å². The first-order chi connectivity index (χ1) is 5.79. The lowest BCUT2D eigenvalue weighted by Gasteiger charge is -2.18. The summed E-state index contributed by atoms with van der Waals surface area (Å²) in [6, 6.07) is 9.53. The number of rotatable bonds is 1. The van der Waals surface area contributed by atoms with E-state index in [0.29, 0.717) is 17.7 Å². The van der Waals surface area contributed by atoms with Crippen LogP contribution in [0.5, 0.6) is 0 Å². The van der Waals surface area contributed by atoms with Crippen LogP contribution in [0, 0.1) is 0 Å². The average Bonchev–Trinajstić information content (AvgIpc) is 2.05. The van der Waals surface area contributed by atoms with E-state index in [1.54, 1.807) is 0 Å². The van der Waals surface area contributed by atoms with Gasteiger partial charge in [0, 0.05) is 11.3 Å². The Morgan fingerprint density at radius 3 is 2.33 bits per heavy atom. The fraction of sp³-hybridized carbons (Fsp3) is 0.100. The second-order valence-electron chi connectivity index (χ2n) is 2.87. The topological polar surface area (TPSA) is 43.1 Å². The van der Waals surface area contributed by atoms with Crippen molar-refractivity contribution in [3.8, 4) is 0 Å². The van der Waals surface area contributed by atoms with Crippen molar-refractivity contribution in [1.82, 2.24) is 0 Å². The van der Waals surface area contributed by atoms with E-state index in [0.717, 1.165) is 5.56 Å². The van der Waals surface area contributed by atoms with E-state index in [9.17, 15) is 4.79 Å². The number of carbonyl (C=O) groups excluding carboxylic acids is 1. The molecule has 0 fully saturated rings. The Morgan fingerprint density at radius 1 is 1.17 bits per heavy atom. The summed E-state index contributed by atoms with van der Waals surface area (Å²) in [7, 11) is 0. The highest BCUT2D eigenvalue weighted by Crippen LogP contribution is 2.28. The van der Waals surface area contributed by atoms with Gasteiger partial charge >= 0.3 is 0 Å². The Hall–Kier alpha value is -1.57. The molecule has 2 N–H and O–H groups in total. The number of hydrogen-bond donors (Lipinski definition) is 1. The lowest BCUT2D eigenvalue weighted by Crippen LogP contribution is -2.22. The molecule has 0 aliphatic heterocycles. The van der Waals surface area contributed by atoms with Crippen molar-refractivity contribution in [3.63, 3.8) is 0 Å². The minimum Gasteiger partial charge on any atom is -0.401 e. The van der Waals surface area contributed by atoms with E-state index in [2.05, 4.69) is 0 Å². The Labute approximate surface area is 70.7 Å². The minimum atomic E-state index is 0.152. The smallest absolute Gasteiger partial charge is 0.171 e. The maximum Gasteiger partial charge on any atom is 0.171 e. The van der Waals surface area contributed by atoms with Gasteiger partial charge in [-0.25, -0.2) is 0 Å². The normalized spacial score (nSPS) is 16.2. The molecule has 0 saturated heterocycles. The number of ketones is 1. The van der Waals surface area contributed by atoms with Gasteiger partial charge in [0.25, 0.3) is 0 Å². The third kappa shape index (κ3) is 0.925. The summed E-state index contributed by atoms with van der Waals surface area (Å²) < 4.78 is 0. The van der Waals surface area contributed by atoms with Crippen molar-refractivity contribution >= 4 is 11.4 Å². The molecule has 0 atom stereocenters. The molecule has 2 heteroatoms. The molecule has 1 aliphatic carbocycles. The zero-order valence-electron chi connectivity index (χ0n) is 6.58. The van der Waals surface area contributed by atoms with E-state index in [1.807, 2.05) is 30.3 Å². The number of allylic oxidation sites excluding steroid dienone is 2. The Kier molecular flexibility index (Phi) is 1.47. The van der Waals surface area contributed by atoms with Gasteiger partial charge < -0.3 is 5.73 Å². The third-order valence-electron chi connectivity index (χ3n) is 2.01. The van der Waals surface area contributed by atoms with E-state index in [1.165, 1.54) is 0 Å². The van der Waals surface area contributed by atoms with Gasteiger partial charge in [-0.05, 0) is 5.56 Å². The van der Waals surface area contributed by atoms with Crippen molar-refractivity contribution < 1.29 is 4.79 Å². The molecule has 0 unspecified atom stereocenters. The number of Topliss-reactive ketones (excluding diaryl/α,β-unsaturated/α-hetero) is 1. The second kappa shape index (κ2) is 2.48. The molecule has 0 amide bonds. The average molecular weight is 159 g/mol. The van der Waals surface area contributed by atoms with Gasteiger partial charge in [-0.2, -0.15) is 0 Å². The van der Waals surface area contributed by atoms with Crippen LogP contribution in [0.2, 0.25) is 0 Å². The molecule has 1 aromatic rings. The fourth-order valence-corrected chi connectivity index (χ4v) is 1.37. The summed E-state index contributed by atoms with van der Waals surface area (Å²) in [5, 5.41) is 0. The minimum absolute atomic E-state index is 0.152. The zero-order valence-corrected chi connectivity index (χ0v) is 6.58. The highest BCUT2D eigenvalue weighted by atomic mass is 16.1. The summed E-state index contributed by atoms with van der Waals surface area (Å²) in [4.78, 5) is 11.1. The maximum atomic E-state index is 11.1. The summed E-state index contributed by atoms with van der Waals surface area (Å²) in [5.74, 6) is 0.152. The number of carbonyl (C=O) groups is 1. The van der Waals surface area contributed by atoms with Crippen LogP contribution >= 0.6 is 0 Å². The molecule has 0 saturated carbocycles. The third-order valence-corrected chi connectivity index (χ3v) is 2.01. The lowest BCUT2D eigenvalue weighted by atomic mass is 9.87. The van der Waals surface area contributed by atoms with Crippen LogP contribution in [-0.4, -0.2) is 5.78 Å². The van der Waals surface area contributed by atoms with Gasteiger partial charge in [0.05, 0.1) is 6.42 Å². The highest BCUT2D eigenvalue weighted by Gasteiger charge is 2.25. The van der Waals surface area contributed by atoms with E-state index in [-0.39, 0.29) is 5.78 Å². The van der Waals surface area contributed by atoms with Gasteiger partial charge in [-0.3, -0.25) is 4.79 Å². The van der Waals surface area contributed by atoms with Gasteiger partial charge in [0.1, 0.15) is 0 Å². The molecule has 1 aliphatic rings. The molecule has 0 aromatic heterocycles. The molecule has 0 bridgehead atoms. The van der Waals surface area contributed by atoms with Crippen LogP contribution in [-0.2, 0) is 4.79 Å². The summed E-state index contributed by atoms with van der Waals surface area (Å²) >= 11 is 0. The van der Waals surface area contributed by atoms with Crippen molar-refractivity contribution in [2.24, 2.45) is 5.73 Å². The van der Waals surface area contributed by atoms with E-state index >= 15 is 0 Å². The maximum absolute atomic E-state index is 11.1. The standard InChI is InChI=1S/C10H9NO/c11-8-6-9(12)10(8)7-4-2-1-3-5-7/h1-5H,6,11H2. The van der Waals surface area contributed by atoms with Crippen molar-refractivity contribution in [2.45, 2.75) is 6.42 Å². The van der Waals surface area contributed by atoms with Crippen LogP contribution in [0.25, 0.3) is 5.57 Å². The molecule has 1 aromatic carbocycles. The molecule has 0 spiro atoms. The fourth-order valence-electron chi connectivity index (χ4n) is 1.37. The largest absolute Gasteiger partial charge is 0.401 e. The Morgan fingerprint density at radius 2 is 1.83 bits per heavy atom. The first kappa shape index (κ1) is 7.10. The molecule has 0 heterocycles. The molecule has 2 nitrogen and oxygen atoms in total. The van der Waals surface area contributed by atoms with Crippen LogP contribution in [0.3, 0.4) is 0 Å². The van der Waals surface area contributed by atoms with E-state index in [4.69, 9.17) is 5.73 Å². The number of hydrogen-bond acceptors (Lipinski definition) is 2. The summed E-state index contributed by atoms with van der Waals surface area (Å²) in [6.07, 6.45) is 0.421.